The van der Waals surface area contributed by atoms with Crippen LogP contribution in [0.15, 0.2) is 29.5 Å². The summed E-state index contributed by atoms with van der Waals surface area (Å²) in [4.78, 5) is 14.3. The van der Waals surface area contributed by atoms with E-state index in [1.165, 1.54) is 17.7 Å². The number of rotatable bonds is 9. The van der Waals surface area contributed by atoms with E-state index in [0.717, 1.165) is 48.4 Å². The Balaban J connectivity index is 1.41. The molecule has 140 valence electrons. The van der Waals surface area contributed by atoms with Gasteiger partial charge < -0.3 is 15.4 Å². The third kappa shape index (κ3) is 5.98. The SMILES string of the molecule is CCc1cnc(CCNC(=NC)NCc2ccnc(OCC3CC3)c2)s1. The van der Waals surface area contributed by atoms with E-state index < -0.39 is 0 Å². The van der Waals surface area contributed by atoms with Crippen molar-refractivity contribution in [3.8, 4) is 5.88 Å². The number of pyridine rings is 1. The number of hydrogen-bond acceptors (Lipinski definition) is 5. The van der Waals surface area contributed by atoms with Crippen LogP contribution in [0.2, 0.25) is 0 Å². The molecule has 2 heterocycles. The Hall–Kier alpha value is -2.15. The van der Waals surface area contributed by atoms with Crippen LogP contribution in [0.1, 0.15) is 35.2 Å². The summed E-state index contributed by atoms with van der Waals surface area (Å²) in [6, 6.07) is 3.98. The van der Waals surface area contributed by atoms with Crippen molar-refractivity contribution in [2.24, 2.45) is 10.9 Å². The summed E-state index contributed by atoms with van der Waals surface area (Å²) < 4.78 is 5.74. The first-order chi connectivity index (χ1) is 12.8. The average Bonchev–Trinajstić information content (AvgIpc) is 3.39. The zero-order valence-corrected chi connectivity index (χ0v) is 16.3. The molecule has 1 saturated carbocycles. The maximum absolute atomic E-state index is 5.74. The molecule has 3 rings (SSSR count). The summed E-state index contributed by atoms with van der Waals surface area (Å²) in [7, 11) is 1.78. The monoisotopic (exact) mass is 373 g/mol. The van der Waals surface area contributed by atoms with Crippen LogP contribution in [-0.2, 0) is 19.4 Å². The van der Waals surface area contributed by atoms with E-state index in [2.05, 4.69) is 32.5 Å². The van der Waals surface area contributed by atoms with E-state index in [1.807, 2.05) is 18.3 Å². The number of aromatic nitrogens is 2. The Kier molecular flexibility index (Phi) is 6.82. The van der Waals surface area contributed by atoms with Gasteiger partial charge in [0.15, 0.2) is 5.96 Å². The highest BCUT2D eigenvalue weighted by molar-refractivity contribution is 7.11. The van der Waals surface area contributed by atoms with Crippen LogP contribution in [0, 0.1) is 5.92 Å². The molecule has 26 heavy (non-hydrogen) atoms. The zero-order valence-electron chi connectivity index (χ0n) is 15.5. The Labute approximate surface area is 159 Å². The van der Waals surface area contributed by atoms with Crippen molar-refractivity contribution in [2.45, 2.75) is 39.2 Å². The molecule has 0 aliphatic heterocycles. The molecule has 0 spiro atoms. The lowest BCUT2D eigenvalue weighted by Gasteiger charge is -2.12. The molecule has 0 atom stereocenters. The fraction of sp³-hybridized carbons (Fsp3) is 0.526. The number of hydrogen-bond donors (Lipinski definition) is 2. The topological polar surface area (TPSA) is 71.4 Å². The Morgan fingerprint density at radius 3 is 2.96 bits per heavy atom. The third-order valence-corrected chi connectivity index (χ3v) is 5.43. The van der Waals surface area contributed by atoms with E-state index in [-0.39, 0.29) is 0 Å². The number of aryl methyl sites for hydroxylation is 1. The number of nitrogens with one attached hydrogen (secondary N) is 2. The highest BCUT2D eigenvalue weighted by Crippen LogP contribution is 2.29. The van der Waals surface area contributed by atoms with Crippen LogP contribution < -0.4 is 15.4 Å². The summed E-state index contributed by atoms with van der Waals surface area (Å²) in [5.41, 5.74) is 1.13. The van der Waals surface area contributed by atoms with Crippen molar-refractivity contribution < 1.29 is 4.74 Å². The summed E-state index contributed by atoms with van der Waals surface area (Å²) >= 11 is 1.78. The molecule has 0 saturated heterocycles. The molecule has 1 aliphatic rings. The Bertz CT molecular complexity index is 726. The molecule has 6 nitrogen and oxygen atoms in total. The predicted octanol–water partition coefficient (Wildman–Crippen LogP) is 2.80. The molecular formula is C19H27N5OS. The van der Waals surface area contributed by atoms with Gasteiger partial charge in [0.25, 0.3) is 0 Å². The van der Waals surface area contributed by atoms with Gasteiger partial charge >= 0.3 is 0 Å². The first kappa shape index (κ1) is 18.6. The summed E-state index contributed by atoms with van der Waals surface area (Å²) in [6.07, 6.45) is 8.28. The third-order valence-electron chi connectivity index (χ3n) is 4.23. The lowest BCUT2D eigenvalue weighted by atomic mass is 10.2. The van der Waals surface area contributed by atoms with Gasteiger partial charge in [-0.3, -0.25) is 4.99 Å². The predicted molar refractivity (Wildman–Crippen MR) is 106 cm³/mol. The van der Waals surface area contributed by atoms with Gasteiger partial charge in [0.1, 0.15) is 0 Å². The average molecular weight is 374 g/mol. The van der Waals surface area contributed by atoms with Crippen LogP contribution >= 0.6 is 11.3 Å². The van der Waals surface area contributed by atoms with E-state index in [1.54, 1.807) is 24.6 Å². The second-order valence-corrected chi connectivity index (χ2v) is 7.63. The fourth-order valence-corrected chi connectivity index (χ4v) is 3.31. The van der Waals surface area contributed by atoms with Crippen LogP contribution in [0.4, 0.5) is 0 Å². The van der Waals surface area contributed by atoms with Gasteiger partial charge in [-0.15, -0.1) is 11.3 Å². The van der Waals surface area contributed by atoms with Crippen LogP contribution in [0.5, 0.6) is 5.88 Å². The van der Waals surface area contributed by atoms with Crippen LogP contribution in [-0.4, -0.2) is 36.1 Å². The minimum Gasteiger partial charge on any atom is -0.477 e. The molecule has 7 heteroatoms. The fourth-order valence-electron chi connectivity index (χ4n) is 2.45. The number of guanidine groups is 1. The minimum atomic E-state index is 0.680. The van der Waals surface area contributed by atoms with Crippen LogP contribution in [0.25, 0.3) is 0 Å². The molecule has 1 aliphatic carbocycles. The maximum Gasteiger partial charge on any atom is 0.213 e. The molecule has 1 fully saturated rings. The summed E-state index contributed by atoms with van der Waals surface area (Å²) in [5.74, 6) is 2.22. The standard InChI is InChI=1S/C19H27N5OS/c1-3-16-12-23-18(26-16)7-9-22-19(20-2)24-11-15-6-8-21-17(10-15)25-13-14-4-5-14/h6,8,10,12,14H,3-5,7,9,11,13H2,1-2H3,(H2,20,22,24). The van der Waals surface area contributed by atoms with Gasteiger partial charge in [-0.1, -0.05) is 6.92 Å². The zero-order chi connectivity index (χ0) is 18.2. The van der Waals surface area contributed by atoms with Crippen molar-refractivity contribution in [3.63, 3.8) is 0 Å². The molecular weight excluding hydrogens is 346 g/mol. The number of thiazole rings is 1. The molecule has 2 aromatic rings. The molecule has 2 aromatic heterocycles. The van der Waals surface area contributed by atoms with E-state index >= 15 is 0 Å². The van der Waals surface area contributed by atoms with Crippen molar-refractivity contribution in [2.75, 3.05) is 20.2 Å². The second kappa shape index (κ2) is 9.52. The molecule has 0 unspecified atom stereocenters. The van der Waals surface area contributed by atoms with E-state index in [4.69, 9.17) is 4.74 Å². The van der Waals surface area contributed by atoms with Crippen molar-refractivity contribution >= 4 is 17.3 Å². The second-order valence-electron chi connectivity index (χ2n) is 6.43. The minimum absolute atomic E-state index is 0.680. The largest absolute Gasteiger partial charge is 0.477 e. The number of ether oxygens (including phenoxy) is 1. The van der Waals surface area contributed by atoms with Crippen molar-refractivity contribution in [3.05, 3.63) is 40.0 Å². The molecule has 0 bridgehead atoms. The quantitative estimate of drug-likeness (QED) is 0.522. The van der Waals surface area contributed by atoms with Gasteiger partial charge in [0, 0.05) is 49.9 Å². The van der Waals surface area contributed by atoms with Gasteiger partial charge in [-0.2, -0.15) is 0 Å². The number of nitrogens with zero attached hydrogens (tertiary/aromatic N) is 3. The van der Waals surface area contributed by atoms with Gasteiger partial charge in [0.2, 0.25) is 5.88 Å². The normalized spacial score (nSPS) is 14.3. The van der Waals surface area contributed by atoms with Gasteiger partial charge in [0.05, 0.1) is 11.6 Å². The Morgan fingerprint density at radius 2 is 2.23 bits per heavy atom. The maximum atomic E-state index is 5.74. The molecule has 0 amide bonds. The summed E-state index contributed by atoms with van der Waals surface area (Å²) in [6.45, 7) is 4.42. The number of aliphatic imine (C=N–C) groups is 1. The first-order valence-corrected chi connectivity index (χ1v) is 10.0. The highest BCUT2D eigenvalue weighted by Gasteiger charge is 2.22. The smallest absolute Gasteiger partial charge is 0.213 e. The molecule has 2 N–H and O–H groups in total. The van der Waals surface area contributed by atoms with Crippen molar-refractivity contribution in [1.82, 2.24) is 20.6 Å². The van der Waals surface area contributed by atoms with Crippen LogP contribution in [0.3, 0.4) is 0 Å². The Morgan fingerprint density at radius 1 is 1.35 bits per heavy atom. The molecule has 0 radical (unpaired) electrons. The van der Waals surface area contributed by atoms with E-state index in [9.17, 15) is 0 Å². The van der Waals surface area contributed by atoms with E-state index in [0.29, 0.717) is 12.4 Å². The first-order valence-electron chi connectivity index (χ1n) is 9.22. The molecule has 0 aromatic carbocycles. The summed E-state index contributed by atoms with van der Waals surface area (Å²) in [5, 5.41) is 7.83. The lowest BCUT2D eigenvalue weighted by Crippen LogP contribution is -2.37. The van der Waals surface area contributed by atoms with Gasteiger partial charge in [-0.05, 0) is 36.8 Å². The van der Waals surface area contributed by atoms with Crippen molar-refractivity contribution in [1.29, 1.82) is 0 Å². The highest BCUT2D eigenvalue weighted by atomic mass is 32.1. The lowest BCUT2D eigenvalue weighted by molar-refractivity contribution is 0.288. The van der Waals surface area contributed by atoms with Gasteiger partial charge in [-0.25, -0.2) is 9.97 Å².